The van der Waals surface area contributed by atoms with Crippen LogP contribution in [0.5, 0.6) is 0 Å². The molecule has 0 bridgehead atoms. The van der Waals surface area contributed by atoms with Gasteiger partial charge in [0.2, 0.25) is 11.8 Å². The van der Waals surface area contributed by atoms with Gasteiger partial charge >= 0.3 is 0 Å². The molecule has 0 fully saturated rings. The molecule has 1 unspecified atom stereocenters. The molecule has 148 valence electrons. The number of thiophene rings is 1. The van der Waals surface area contributed by atoms with E-state index in [-0.39, 0.29) is 30.7 Å². The molecule has 3 rings (SSSR count). The second-order valence-electron chi connectivity index (χ2n) is 8.12. The number of carbonyl (C=O) groups excluding carboxylic acids is 3. The summed E-state index contributed by atoms with van der Waals surface area (Å²) >= 11 is 1.43. The van der Waals surface area contributed by atoms with Gasteiger partial charge in [-0.25, -0.2) is 0 Å². The Kier molecular flexibility index (Phi) is 5.41. The van der Waals surface area contributed by atoms with E-state index in [4.69, 9.17) is 5.73 Å². The van der Waals surface area contributed by atoms with E-state index >= 15 is 0 Å². The zero-order chi connectivity index (χ0) is 20.6. The monoisotopic (exact) mass is 399 g/mol. The number of amides is 2. The highest BCUT2D eigenvalue weighted by Gasteiger charge is 2.38. The lowest BCUT2D eigenvalue weighted by Crippen LogP contribution is -2.50. The lowest BCUT2D eigenvalue weighted by Gasteiger charge is -2.30. The molecule has 0 radical (unpaired) electrons. The van der Waals surface area contributed by atoms with Crippen molar-refractivity contribution in [1.29, 1.82) is 0 Å². The Labute approximate surface area is 168 Å². The van der Waals surface area contributed by atoms with E-state index in [0.29, 0.717) is 16.9 Å². The molecule has 2 aromatic rings. The average molecular weight is 400 g/mol. The Morgan fingerprint density at radius 2 is 1.93 bits per heavy atom. The number of nitrogens with two attached hydrogens (primary N) is 1. The van der Waals surface area contributed by atoms with Crippen LogP contribution in [0, 0.1) is 12.3 Å². The SMILES string of the molecule is Cc1ccc2c(c1)N(CC(=O)c1ccsc1)C(=O)C(N)CN2C(=O)C(C)(C)C. The van der Waals surface area contributed by atoms with E-state index in [2.05, 4.69) is 0 Å². The number of anilines is 2. The van der Waals surface area contributed by atoms with Crippen LogP contribution in [0.15, 0.2) is 35.0 Å². The molecule has 1 aliphatic heterocycles. The molecule has 2 N–H and O–H groups in total. The van der Waals surface area contributed by atoms with Crippen molar-refractivity contribution in [3.8, 4) is 0 Å². The average Bonchev–Trinajstić information content (AvgIpc) is 3.14. The molecule has 6 nitrogen and oxygen atoms in total. The van der Waals surface area contributed by atoms with Crippen LogP contribution in [0.25, 0.3) is 0 Å². The Hall–Kier alpha value is -2.51. The third kappa shape index (κ3) is 3.86. The van der Waals surface area contributed by atoms with Crippen LogP contribution < -0.4 is 15.5 Å². The fourth-order valence-corrected chi connectivity index (χ4v) is 3.85. The quantitative estimate of drug-likeness (QED) is 0.804. The minimum absolute atomic E-state index is 0.0775. The topological polar surface area (TPSA) is 83.7 Å². The first-order valence-corrected chi connectivity index (χ1v) is 10.1. The van der Waals surface area contributed by atoms with Gasteiger partial charge in [-0.3, -0.25) is 14.4 Å². The Balaban J connectivity index is 2.08. The molecule has 0 aliphatic carbocycles. The molecule has 1 aromatic carbocycles. The van der Waals surface area contributed by atoms with Gasteiger partial charge < -0.3 is 15.5 Å². The summed E-state index contributed by atoms with van der Waals surface area (Å²) in [4.78, 5) is 41.8. The standard InChI is InChI=1S/C21H25N3O3S/c1-13-5-6-16-17(9-13)23(11-18(25)14-7-8-28-12-14)19(26)15(22)10-24(16)20(27)21(2,3)4/h5-9,12,15H,10-11,22H2,1-4H3. The van der Waals surface area contributed by atoms with E-state index in [9.17, 15) is 14.4 Å². The van der Waals surface area contributed by atoms with Crippen LogP contribution in [0.3, 0.4) is 0 Å². The maximum Gasteiger partial charge on any atom is 0.246 e. The summed E-state index contributed by atoms with van der Waals surface area (Å²) in [5.41, 5.74) is 8.16. The van der Waals surface area contributed by atoms with E-state index < -0.39 is 11.5 Å². The molecule has 1 aromatic heterocycles. The summed E-state index contributed by atoms with van der Waals surface area (Å²) in [7, 11) is 0. The van der Waals surface area contributed by atoms with Gasteiger partial charge in [0, 0.05) is 16.4 Å². The molecular formula is C21H25N3O3S. The first-order valence-electron chi connectivity index (χ1n) is 9.14. The molecule has 2 amide bonds. The van der Waals surface area contributed by atoms with Gasteiger partial charge in [-0.2, -0.15) is 11.3 Å². The van der Waals surface area contributed by atoms with E-state index in [1.54, 1.807) is 16.3 Å². The smallest absolute Gasteiger partial charge is 0.246 e. The lowest BCUT2D eigenvalue weighted by atomic mass is 9.94. The third-order valence-corrected chi connectivity index (χ3v) is 5.39. The van der Waals surface area contributed by atoms with Gasteiger partial charge in [0.25, 0.3) is 0 Å². The molecule has 28 heavy (non-hydrogen) atoms. The molecule has 0 spiro atoms. The zero-order valence-electron chi connectivity index (χ0n) is 16.6. The van der Waals surface area contributed by atoms with Gasteiger partial charge in [0.15, 0.2) is 5.78 Å². The summed E-state index contributed by atoms with van der Waals surface area (Å²) in [6.45, 7) is 7.37. The second kappa shape index (κ2) is 7.48. The van der Waals surface area contributed by atoms with E-state index in [0.717, 1.165) is 5.56 Å². The largest absolute Gasteiger partial charge is 0.318 e. The first-order chi connectivity index (χ1) is 13.1. The predicted molar refractivity (Wildman–Crippen MR) is 112 cm³/mol. The number of carbonyl (C=O) groups is 3. The molecular weight excluding hydrogens is 374 g/mol. The van der Waals surface area contributed by atoms with Crippen LogP contribution >= 0.6 is 11.3 Å². The number of fused-ring (bicyclic) bond motifs is 1. The maximum atomic E-state index is 13.1. The van der Waals surface area contributed by atoms with Crippen molar-refractivity contribution in [1.82, 2.24) is 0 Å². The minimum Gasteiger partial charge on any atom is -0.318 e. The summed E-state index contributed by atoms with van der Waals surface area (Å²) in [6, 6.07) is 6.37. The third-order valence-electron chi connectivity index (χ3n) is 4.71. The Morgan fingerprint density at radius 3 is 2.54 bits per heavy atom. The zero-order valence-corrected chi connectivity index (χ0v) is 17.4. The highest BCUT2D eigenvalue weighted by Crippen LogP contribution is 2.36. The molecule has 2 heterocycles. The number of hydrogen-bond donors (Lipinski definition) is 1. The predicted octanol–water partition coefficient (Wildman–Crippen LogP) is 2.99. The molecule has 0 saturated carbocycles. The number of ketones is 1. The highest BCUT2D eigenvalue weighted by atomic mass is 32.1. The minimum atomic E-state index is -0.908. The number of benzene rings is 1. The summed E-state index contributed by atoms with van der Waals surface area (Å²) in [5.74, 6) is -0.642. The van der Waals surface area contributed by atoms with Gasteiger partial charge in [0.1, 0.15) is 6.04 Å². The second-order valence-corrected chi connectivity index (χ2v) is 8.90. The van der Waals surface area contributed by atoms with Crippen molar-refractivity contribution < 1.29 is 14.4 Å². The van der Waals surface area contributed by atoms with Crippen molar-refractivity contribution >= 4 is 40.3 Å². The van der Waals surface area contributed by atoms with Crippen LogP contribution in [0.2, 0.25) is 0 Å². The Bertz CT molecular complexity index is 915. The van der Waals surface area contributed by atoms with Crippen LogP contribution in [0.4, 0.5) is 11.4 Å². The molecule has 1 atom stereocenters. The van der Waals surface area contributed by atoms with Crippen LogP contribution in [-0.4, -0.2) is 36.7 Å². The first kappa shape index (κ1) is 20.2. The van der Waals surface area contributed by atoms with Gasteiger partial charge in [-0.1, -0.05) is 26.8 Å². The van der Waals surface area contributed by atoms with Crippen molar-refractivity contribution in [3.05, 3.63) is 46.2 Å². The van der Waals surface area contributed by atoms with Crippen LogP contribution in [0.1, 0.15) is 36.7 Å². The number of aryl methyl sites for hydroxylation is 1. The number of hydrogen-bond acceptors (Lipinski definition) is 5. The van der Waals surface area contributed by atoms with E-state index in [1.165, 1.54) is 16.2 Å². The fraction of sp³-hybridized carbons (Fsp3) is 0.381. The number of rotatable bonds is 3. The number of nitrogens with zero attached hydrogens (tertiary/aromatic N) is 2. The molecule has 7 heteroatoms. The van der Waals surface area contributed by atoms with Crippen molar-refractivity contribution in [3.63, 3.8) is 0 Å². The number of Topliss-reactive ketones (excluding diaryl/α,β-unsaturated/α-hetero) is 1. The molecule has 0 saturated heterocycles. The normalized spacial score (nSPS) is 17.3. The van der Waals surface area contributed by atoms with Crippen molar-refractivity contribution in [2.24, 2.45) is 11.1 Å². The van der Waals surface area contributed by atoms with Gasteiger partial charge in [-0.05, 0) is 36.1 Å². The highest BCUT2D eigenvalue weighted by molar-refractivity contribution is 7.08. The fourth-order valence-electron chi connectivity index (χ4n) is 3.19. The van der Waals surface area contributed by atoms with Crippen LogP contribution in [-0.2, 0) is 9.59 Å². The van der Waals surface area contributed by atoms with Gasteiger partial charge in [-0.15, -0.1) is 0 Å². The molecule has 1 aliphatic rings. The van der Waals surface area contributed by atoms with Gasteiger partial charge in [0.05, 0.1) is 24.5 Å². The van der Waals surface area contributed by atoms with E-state index in [1.807, 2.05) is 51.3 Å². The summed E-state index contributed by atoms with van der Waals surface area (Å²) in [5, 5.41) is 3.59. The van der Waals surface area contributed by atoms with Crippen molar-refractivity contribution in [2.45, 2.75) is 33.7 Å². The lowest BCUT2D eigenvalue weighted by molar-refractivity contribution is -0.125. The summed E-state index contributed by atoms with van der Waals surface area (Å²) in [6.07, 6.45) is 0. The summed E-state index contributed by atoms with van der Waals surface area (Å²) < 4.78 is 0. The maximum absolute atomic E-state index is 13.1. The van der Waals surface area contributed by atoms with Crippen molar-refractivity contribution in [2.75, 3.05) is 22.9 Å². The Morgan fingerprint density at radius 1 is 1.21 bits per heavy atom.